The number of carboxylic acids is 1. The summed E-state index contributed by atoms with van der Waals surface area (Å²) in [6, 6.07) is 0. The number of hydrogen-bond donors (Lipinski definition) is 3. The van der Waals surface area contributed by atoms with Gasteiger partial charge in [0.15, 0.2) is 0 Å². The molecule has 3 N–H and O–H groups in total. The van der Waals surface area contributed by atoms with Crippen LogP contribution in [0.15, 0.2) is 36.5 Å². The van der Waals surface area contributed by atoms with Gasteiger partial charge in [0.05, 0.1) is 12.2 Å². The summed E-state index contributed by atoms with van der Waals surface area (Å²) in [6.45, 7) is 2.03. The molecule has 1 saturated carbocycles. The molecule has 5 heteroatoms. The maximum Gasteiger partial charge on any atom is 0.303 e. The molecule has 140 valence electrons. The zero-order valence-corrected chi connectivity index (χ0v) is 14.8. The number of ketones is 1. The number of carbonyl (C=O) groups excluding carboxylic acids is 1. The van der Waals surface area contributed by atoms with E-state index in [0.717, 1.165) is 6.42 Å². The Labute approximate surface area is 154 Å². The van der Waals surface area contributed by atoms with Crippen molar-refractivity contribution in [2.24, 2.45) is 11.8 Å². The molecule has 0 aromatic heterocycles. The Morgan fingerprint density at radius 1 is 1.36 bits per heavy atom. The minimum atomic E-state index is -0.556. The van der Waals surface area contributed by atoms with E-state index in [1.54, 1.807) is 6.08 Å². The molecule has 0 spiro atoms. The summed E-state index contributed by atoms with van der Waals surface area (Å²) in [5.74, 6) is -1.01. The van der Waals surface area contributed by atoms with Crippen LogP contribution in [-0.4, -0.2) is 42.1 Å². The van der Waals surface area contributed by atoms with Gasteiger partial charge in [-0.15, -0.1) is 0 Å². The first-order valence-electron chi connectivity index (χ1n) is 10.2. The van der Waals surface area contributed by atoms with Crippen LogP contribution in [0.25, 0.3) is 1.43 Å². The lowest BCUT2D eigenvalue weighted by Gasteiger charge is -2.16. The van der Waals surface area contributed by atoms with Gasteiger partial charge in [-0.1, -0.05) is 43.4 Å². The average molecular weight is 353 g/mol. The Morgan fingerprint density at radius 3 is 2.96 bits per heavy atom. The van der Waals surface area contributed by atoms with E-state index in [9.17, 15) is 9.59 Å². The Hall–Kier alpha value is -1.72. The first kappa shape index (κ1) is 16.7. The summed E-state index contributed by atoms with van der Waals surface area (Å²) in [4.78, 5) is 23.2. The molecule has 1 fully saturated rings. The van der Waals surface area contributed by atoms with Crippen molar-refractivity contribution in [3.63, 3.8) is 0 Å². The molecule has 0 radical (unpaired) electrons. The van der Waals surface area contributed by atoms with Crippen molar-refractivity contribution in [3.8, 4) is 0 Å². The topological polar surface area (TPSA) is 94.8 Å². The summed E-state index contributed by atoms with van der Waals surface area (Å²) < 4.78 is 20.9. The Bertz CT molecular complexity index is 562. The van der Waals surface area contributed by atoms with Crippen molar-refractivity contribution in [1.82, 2.24) is 0 Å². The van der Waals surface area contributed by atoms with Gasteiger partial charge in [0.2, 0.25) is 2.86 Å². The fourth-order valence-corrected chi connectivity index (χ4v) is 2.96. The lowest BCUT2D eigenvalue weighted by molar-refractivity contribution is -0.137. The summed E-state index contributed by atoms with van der Waals surface area (Å²) in [6.07, 6.45) is 14.1. The van der Waals surface area contributed by atoms with E-state index in [0.29, 0.717) is 25.7 Å². The van der Waals surface area contributed by atoms with Gasteiger partial charge in [0, 0.05) is 24.7 Å². The zero-order chi connectivity index (χ0) is 20.8. The number of Topliss-reactive ketones (excluding diaryl/α,β-unsaturated/α-hetero) is 1. The number of carbonyl (C=O) groups is 2. The molecule has 25 heavy (non-hydrogen) atoms. The SMILES string of the molecule is [2H]OC(=O)CCC/C=C\C[C@H]1C(=O)C[C@@H](O[2H])[C@@H]1/C=C/[C@H](C/C=C\CC)O[2H]. The number of allylic oxidation sites excluding steroid dienone is 3. The average Bonchev–Trinajstić information content (AvgIpc) is 3.01. The zero-order valence-electron chi connectivity index (χ0n) is 17.8. The predicted octanol–water partition coefficient (Wildman–Crippen LogP) is 3.03. The molecule has 1 rings (SSSR count). The number of aliphatic hydroxyl groups excluding tert-OH is 2. The van der Waals surface area contributed by atoms with Crippen molar-refractivity contribution in [1.29, 1.82) is 4.29 Å². The van der Waals surface area contributed by atoms with Crippen LogP contribution >= 0.6 is 0 Å². The standard InChI is InChI=1S/C20H30O5/c1-2-3-6-9-15(21)12-13-17-16(18(22)14-19(17)23)10-7-4-5-8-11-20(24)25/h3-4,6-7,12-13,15-17,19,21,23H,2,5,8-11,14H2,1H3,(H,24,25)/b6-3-,7-4-,13-12+/t15-,16+,17+,19+/m0/s1/i21D,23D/hD. The fourth-order valence-electron chi connectivity index (χ4n) is 2.96. The largest absolute Gasteiger partial charge is 0.481 e. The molecule has 0 heterocycles. The number of aliphatic carboxylic acids is 1. The van der Waals surface area contributed by atoms with E-state index in [1.165, 1.54) is 0 Å². The molecule has 0 unspecified atom stereocenters. The normalized spacial score (nSPS) is 27.0. The highest BCUT2D eigenvalue weighted by molar-refractivity contribution is 5.84. The van der Waals surface area contributed by atoms with Crippen molar-refractivity contribution in [2.45, 2.75) is 64.1 Å². The quantitative estimate of drug-likeness (QED) is 0.349. The Kier molecular flexibility index (Phi) is 7.88. The van der Waals surface area contributed by atoms with Gasteiger partial charge in [-0.2, -0.15) is 0 Å². The maximum absolute atomic E-state index is 12.3. The number of carboxylic acid groups (broad SMARTS) is 1. The number of aliphatic hydroxyl groups is 2. The molecule has 5 nitrogen and oxygen atoms in total. The van der Waals surface area contributed by atoms with E-state index < -0.39 is 18.2 Å². The van der Waals surface area contributed by atoms with Gasteiger partial charge in [0.1, 0.15) is 5.78 Å². The van der Waals surface area contributed by atoms with Crippen LogP contribution in [-0.2, 0) is 9.59 Å². The Morgan fingerprint density at radius 2 is 2.24 bits per heavy atom. The van der Waals surface area contributed by atoms with Gasteiger partial charge in [-0.3, -0.25) is 9.59 Å². The molecule has 0 aliphatic heterocycles. The van der Waals surface area contributed by atoms with Crippen molar-refractivity contribution >= 4 is 11.8 Å². The summed E-state index contributed by atoms with van der Waals surface area (Å²) in [7, 11) is 0. The van der Waals surface area contributed by atoms with Crippen LogP contribution in [0, 0.1) is 11.8 Å². The van der Waals surface area contributed by atoms with Crippen LogP contribution in [0.3, 0.4) is 0 Å². The van der Waals surface area contributed by atoms with E-state index in [2.05, 4.69) is 5.11 Å². The predicted molar refractivity (Wildman–Crippen MR) is 97.0 cm³/mol. The van der Waals surface area contributed by atoms with Gasteiger partial charge >= 0.3 is 5.97 Å². The molecule has 4 atom stereocenters. The molecule has 0 aromatic carbocycles. The minimum Gasteiger partial charge on any atom is -0.481 e. The van der Waals surface area contributed by atoms with Gasteiger partial charge in [0.25, 0.3) is 1.43 Å². The van der Waals surface area contributed by atoms with Crippen molar-refractivity contribution < 1.29 is 24.9 Å². The highest BCUT2D eigenvalue weighted by Crippen LogP contribution is 2.33. The second-order valence-corrected chi connectivity index (χ2v) is 6.40. The Balaban J connectivity index is 2.63. The molecular weight excluding hydrogens is 320 g/mol. The monoisotopic (exact) mass is 353 g/mol. The van der Waals surface area contributed by atoms with Crippen LogP contribution in [0.4, 0.5) is 0 Å². The van der Waals surface area contributed by atoms with Gasteiger partial charge in [-0.25, -0.2) is 0 Å². The molecule has 0 aromatic rings. The van der Waals surface area contributed by atoms with Gasteiger partial charge in [-0.05, 0) is 32.1 Å². The lowest BCUT2D eigenvalue weighted by atomic mass is 9.90. The van der Waals surface area contributed by atoms with E-state index >= 15 is 0 Å². The third kappa shape index (κ3) is 8.27. The van der Waals surface area contributed by atoms with E-state index in [-0.39, 0.29) is 30.5 Å². The summed E-state index contributed by atoms with van der Waals surface area (Å²) in [5.41, 5.74) is 0. The second-order valence-electron chi connectivity index (χ2n) is 6.40. The van der Waals surface area contributed by atoms with Gasteiger partial charge < -0.3 is 15.3 Å². The molecule has 0 amide bonds. The number of unbranched alkanes of at least 4 members (excludes halogenated alkanes) is 1. The van der Waals surface area contributed by atoms with Crippen LogP contribution < -0.4 is 0 Å². The highest BCUT2D eigenvalue weighted by Gasteiger charge is 2.39. The molecule has 1 aliphatic carbocycles. The number of rotatable bonds is 13. The molecule has 0 saturated heterocycles. The number of hydrogen-bond acceptors (Lipinski definition) is 5. The summed E-state index contributed by atoms with van der Waals surface area (Å²) >= 11 is 0. The third-order valence-corrected chi connectivity index (χ3v) is 4.34. The molecule has 1 aliphatic rings. The second kappa shape index (κ2) is 11.8. The minimum absolute atomic E-state index is 0.0588. The van der Waals surface area contributed by atoms with Crippen LogP contribution in [0.1, 0.15) is 51.9 Å². The molecule has 0 bridgehead atoms. The highest BCUT2D eigenvalue weighted by atomic mass is 16.4. The summed E-state index contributed by atoms with van der Waals surface area (Å²) in [5, 5.41) is 13.3. The smallest absolute Gasteiger partial charge is 0.303 e. The third-order valence-electron chi connectivity index (χ3n) is 4.34. The lowest BCUT2D eigenvalue weighted by Crippen LogP contribution is -2.18. The first-order valence-corrected chi connectivity index (χ1v) is 8.98. The van der Waals surface area contributed by atoms with Crippen LogP contribution in [0.2, 0.25) is 0 Å². The van der Waals surface area contributed by atoms with Crippen molar-refractivity contribution in [3.05, 3.63) is 36.5 Å². The maximum atomic E-state index is 12.3. The molecular formula is C20H30O5. The van der Waals surface area contributed by atoms with Crippen LogP contribution in [0.5, 0.6) is 0 Å². The van der Waals surface area contributed by atoms with E-state index in [4.69, 9.17) is 14.5 Å². The first-order chi connectivity index (χ1) is 13.6. The van der Waals surface area contributed by atoms with E-state index in [1.807, 2.05) is 37.3 Å². The fraction of sp³-hybridized carbons (Fsp3) is 0.600. The van der Waals surface area contributed by atoms with Crippen molar-refractivity contribution in [2.75, 3.05) is 0 Å².